The fourth-order valence-corrected chi connectivity index (χ4v) is 3.58. The topological polar surface area (TPSA) is 67.8 Å². The molecule has 7 heteroatoms. The van der Waals surface area contributed by atoms with Gasteiger partial charge in [0.15, 0.2) is 0 Å². The number of nitrogens with one attached hydrogen (secondary N) is 1. The van der Waals surface area contributed by atoms with Crippen molar-refractivity contribution in [3.8, 4) is 0 Å². The highest BCUT2D eigenvalue weighted by Crippen LogP contribution is 2.30. The van der Waals surface area contributed by atoms with Gasteiger partial charge in [-0.05, 0) is 24.6 Å². The number of rotatable bonds is 4. The molecule has 1 aromatic rings. The van der Waals surface area contributed by atoms with E-state index in [-0.39, 0.29) is 4.91 Å². The maximum atomic E-state index is 12.2. The molecule has 1 N–H and O–H groups in total. The van der Waals surface area contributed by atoms with Gasteiger partial charge < -0.3 is 4.74 Å². The van der Waals surface area contributed by atoms with Gasteiger partial charge in [-0.1, -0.05) is 23.7 Å². The third-order valence-electron chi connectivity index (χ3n) is 2.87. The summed E-state index contributed by atoms with van der Waals surface area (Å²) in [6.07, 6.45) is 0. The fourth-order valence-electron chi connectivity index (χ4n) is 1.94. The highest BCUT2D eigenvalue weighted by molar-refractivity contribution is 8.00. The van der Waals surface area contributed by atoms with E-state index in [9.17, 15) is 8.42 Å². The Labute approximate surface area is 123 Å². The van der Waals surface area contributed by atoms with Crippen molar-refractivity contribution in [2.24, 2.45) is 4.99 Å². The SMILES string of the molecule is COCCN=C1NS(=O)(=O)C(c2ccc(Cl)cc2)=C1C. The maximum Gasteiger partial charge on any atom is 0.264 e. The number of hydrogen-bond acceptors (Lipinski definition) is 4. The third-order valence-corrected chi connectivity index (χ3v) is 4.66. The van der Waals surface area contributed by atoms with E-state index in [0.717, 1.165) is 0 Å². The quantitative estimate of drug-likeness (QED) is 0.865. The summed E-state index contributed by atoms with van der Waals surface area (Å²) in [5.41, 5.74) is 1.19. The second-order valence-corrected chi connectivity index (χ2v) is 6.35. The molecule has 0 aromatic heterocycles. The van der Waals surface area contributed by atoms with Gasteiger partial charge in [-0.3, -0.25) is 9.71 Å². The molecular weight excluding hydrogens is 300 g/mol. The van der Waals surface area contributed by atoms with E-state index < -0.39 is 10.0 Å². The summed E-state index contributed by atoms with van der Waals surface area (Å²) in [4.78, 5) is 4.44. The summed E-state index contributed by atoms with van der Waals surface area (Å²) in [5.74, 6) is 0.368. The van der Waals surface area contributed by atoms with Gasteiger partial charge in [0.2, 0.25) is 0 Å². The first kappa shape index (κ1) is 15.0. The number of halogens is 1. The molecule has 2 rings (SSSR count). The van der Waals surface area contributed by atoms with Crippen LogP contribution in [0.1, 0.15) is 12.5 Å². The molecule has 0 amide bonds. The van der Waals surface area contributed by atoms with E-state index in [2.05, 4.69) is 9.71 Å². The molecule has 1 aliphatic heterocycles. The van der Waals surface area contributed by atoms with Crippen LogP contribution in [0.4, 0.5) is 0 Å². The van der Waals surface area contributed by atoms with Gasteiger partial charge in [0, 0.05) is 17.7 Å². The first-order valence-corrected chi connectivity index (χ1v) is 7.85. The van der Waals surface area contributed by atoms with Crippen molar-refractivity contribution in [1.82, 2.24) is 4.72 Å². The normalized spacial score (nSPS) is 19.4. The van der Waals surface area contributed by atoms with Crippen LogP contribution in [0.2, 0.25) is 5.02 Å². The summed E-state index contributed by atoms with van der Waals surface area (Å²) in [6, 6.07) is 6.68. The van der Waals surface area contributed by atoms with Crippen LogP contribution in [-0.4, -0.2) is 34.5 Å². The highest BCUT2D eigenvalue weighted by atomic mass is 35.5. The number of benzene rings is 1. The molecule has 0 saturated carbocycles. The molecule has 0 aliphatic carbocycles. The maximum absolute atomic E-state index is 12.2. The number of methoxy groups -OCH3 is 1. The van der Waals surface area contributed by atoms with Crippen LogP contribution in [-0.2, 0) is 14.8 Å². The van der Waals surface area contributed by atoms with E-state index >= 15 is 0 Å². The molecule has 0 fully saturated rings. The lowest BCUT2D eigenvalue weighted by molar-refractivity contribution is 0.208. The summed E-state index contributed by atoms with van der Waals surface area (Å²) in [7, 11) is -2.00. The van der Waals surface area contributed by atoms with Gasteiger partial charge >= 0.3 is 0 Å². The zero-order chi connectivity index (χ0) is 14.8. The Balaban J connectivity index is 2.42. The Hall–Kier alpha value is -1.37. The van der Waals surface area contributed by atoms with E-state index in [1.165, 1.54) is 0 Å². The van der Waals surface area contributed by atoms with Crippen LogP contribution in [0.5, 0.6) is 0 Å². The average molecular weight is 315 g/mol. The number of sulfonamides is 1. The Kier molecular flexibility index (Phi) is 4.47. The molecule has 0 radical (unpaired) electrons. The lowest BCUT2D eigenvalue weighted by atomic mass is 10.1. The molecule has 108 valence electrons. The van der Waals surface area contributed by atoms with Gasteiger partial charge in [0.1, 0.15) is 10.7 Å². The monoisotopic (exact) mass is 314 g/mol. The Bertz CT molecular complexity index is 663. The first-order valence-electron chi connectivity index (χ1n) is 5.99. The number of ether oxygens (including phenoxy) is 1. The molecule has 0 spiro atoms. The lowest BCUT2D eigenvalue weighted by Crippen LogP contribution is -2.24. The lowest BCUT2D eigenvalue weighted by Gasteiger charge is -2.02. The van der Waals surface area contributed by atoms with Gasteiger partial charge in [-0.2, -0.15) is 0 Å². The minimum atomic E-state index is -3.57. The number of hydrogen-bond donors (Lipinski definition) is 1. The second-order valence-electron chi connectivity index (χ2n) is 4.29. The van der Waals surface area contributed by atoms with Crippen molar-refractivity contribution < 1.29 is 13.2 Å². The van der Waals surface area contributed by atoms with Crippen molar-refractivity contribution in [1.29, 1.82) is 0 Å². The number of aliphatic imine (C=N–C) groups is 1. The highest BCUT2D eigenvalue weighted by Gasteiger charge is 2.32. The van der Waals surface area contributed by atoms with E-state index in [4.69, 9.17) is 16.3 Å². The largest absolute Gasteiger partial charge is 0.383 e. The zero-order valence-corrected chi connectivity index (χ0v) is 12.8. The molecule has 1 heterocycles. The Morgan fingerprint density at radius 2 is 1.95 bits per heavy atom. The minimum absolute atomic E-state index is 0.241. The molecule has 0 saturated heterocycles. The van der Waals surface area contributed by atoms with E-state index in [1.807, 2.05) is 0 Å². The predicted octanol–water partition coefficient (Wildman–Crippen LogP) is 2.05. The molecule has 0 bridgehead atoms. The van der Waals surface area contributed by atoms with Crippen LogP contribution in [0, 0.1) is 0 Å². The van der Waals surface area contributed by atoms with Crippen molar-refractivity contribution in [2.45, 2.75) is 6.92 Å². The van der Waals surface area contributed by atoms with Crippen LogP contribution >= 0.6 is 11.6 Å². The molecule has 5 nitrogen and oxygen atoms in total. The van der Waals surface area contributed by atoms with Gasteiger partial charge in [-0.15, -0.1) is 0 Å². The smallest absolute Gasteiger partial charge is 0.264 e. The number of amidine groups is 1. The molecule has 1 aliphatic rings. The Morgan fingerprint density at radius 1 is 1.30 bits per heavy atom. The number of nitrogens with zero attached hydrogens (tertiary/aromatic N) is 1. The van der Waals surface area contributed by atoms with E-state index in [0.29, 0.717) is 35.1 Å². The predicted molar refractivity (Wildman–Crippen MR) is 80.3 cm³/mol. The molecule has 20 heavy (non-hydrogen) atoms. The fraction of sp³-hybridized carbons (Fsp3) is 0.308. The van der Waals surface area contributed by atoms with Crippen molar-refractivity contribution in [3.05, 3.63) is 40.4 Å². The minimum Gasteiger partial charge on any atom is -0.383 e. The van der Waals surface area contributed by atoms with Crippen LogP contribution in [0.3, 0.4) is 0 Å². The second kappa shape index (κ2) is 5.95. The summed E-state index contributed by atoms with van der Waals surface area (Å²) in [6.45, 7) is 2.57. The summed E-state index contributed by atoms with van der Waals surface area (Å²) < 4.78 is 31.7. The molecule has 1 aromatic carbocycles. The molecule has 0 atom stereocenters. The average Bonchev–Trinajstić information content (AvgIpc) is 2.62. The van der Waals surface area contributed by atoms with Crippen molar-refractivity contribution >= 4 is 32.4 Å². The third kappa shape index (κ3) is 3.03. The Morgan fingerprint density at radius 3 is 2.55 bits per heavy atom. The van der Waals surface area contributed by atoms with Crippen molar-refractivity contribution in [3.63, 3.8) is 0 Å². The van der Waals surface area contributed by atoms with Crippen molar-refractivity contribution in [2.75, 3.05) is 20.3 Å². The van der Waals surface area contributed by atoms with Crippen LogP contribution < -0.4 is 4.72 Å². The van der Waals surface area contributed by atoms with Crippen LogP contribution in [0.25, 0.3) is 4.91 Å². The summed E-state index contributed by atoms with van der Waals surface area (Å²) >= 11 is 5.82. The first-order chi connectivity index (χ1) is 9.45. The van der Waals surface area contributed by atoms with Gasteiger partial charge in [0.05, 0.1) is 13.2 Å². The zero-order valence-electron chi connectivity index (χ0n) is 11.2. The van der Waals surface area contributed by atoms with Gasteiger partial charge in [0.25, 0.3) is 10.0 Å². The standard InChI is InChI=1S/C13H15ClN2O3S/c1-9-12(10-3-5-11(14)6-4-10)20(17,18)16-13(9)15-7-8-19-2/h3-6H,7-8H2,1-2H3,(H,15,16). The molecular formula is C13H15ClN2O3S. The van der Waals surface area contributed by atoms with E-state index in [1.54, 1.807) is 38.3 Å². The summed E-state index contributed by atoms with van der Waals surface area (Å²) in [5, 5.41) is 0.560. The van der Waals surface area contributed by atoms with Gasteiger partial charge in [-0.25, -0.2) is 8.42 Å². The molecule has 0 unspecified atom stereocenters. The van der Waals surface area contributed by atoms with Crippen LogP contribution in [0.15, 0.2) is 34.8 Å².